The fourth-order valence-electron chi connectivity index (χ4n) is 3.87. The van der Waals surface area contributed by atoms with Crippen LogP contribution < -0.4 is 15.5 Å². The van der Waals surface area contributed by atoms with Crippen LogP contribution in [-0.4, -0.2) is 17.6 Å². The molecule has 1 amide bonds. The van der Waals surface area contributed by atoms with Crippen LogP contribution in [0.2, 0.25) is 0 Å². The maximum Gasteiger partial charge on any atom is 0.257 e. The molecule has 2 aromatic carbocycles. The number of pyridine rings is 1. The summed E-state index contributed by atoms with van der Waals surface area (Å²) < 4.78 is 8.08. The van der Waals surface area contributed by atoms with Gasteiger partial charge >= 0.3 is 0 Å². The monoisotopic (exact) mass is 440 g/mol. The summed E-state index contributed by atoms with van der Waals surface area (Å²) in [5, 5.41) is 3.53. The molecule has 5 nitrogen and oxygen atoms in total. The number of benzene rings is 2. The third-order valence-corrected chi connectivity index (χ3v) is 5.83. The molecule has 0 radical (unpaired) electrons. The van der Waals surface area contributed by atoms with Gasteiger partial charge in [-0.1, -0.05) is 28.1 Å². The van der Waals surface area contributed by atoms with Crippen molar-refractivity contribution in [3.63, 3.8) is 0 Å². The second kappa shape index (κ2) is 7.09. The Morgan fingerprint density at radius 1 is 1.29 bits per heavy atom. The molecule has 4 rings (SSSR count). The van der Waals surface area contributed by atoms with Crippen molar-refractivity contribution in [2.75, 3.05) is 7.11 Å². The fourth-order valence-corrected chi connectivity index (χ4v) is 4.38. The predicted molar refractivity (Wildman–Crippen MR) is 113 cm³/mol. The smallest absolute Gasteiger partial charge is 0.257 e. The van der Waals surface area contributed by atoms with Gasteiger partial charge in [0.2, 0.25) is 5.43 Å². The summed E-state index contributed by atoms with van der Waals surface area (Å²) in [5.74, 6) is 0.396. The lowest BCUT2D eigenvalue weighted by molar-refractivity contribution is 0.0938. The molecule has 3 aromatic rings. The molecule has 2 heterocycles. The van der Waals surface area contributed by atoms with Crippen molar-refractivity contribution in [1.29, 1.82) is 0 Å². The fraction of sp³-hybridized carbons (Fsp3) is 0.273. The Morgan fingerprint density at radius 3 is 2.68 bits per heavy atom. The SMILES string of the molecule is COc1ccc(C(C)NC(=O)c2cn3c4c(cc(Br)cc4c2=O)CC3C)cc1. The van der Waals surface area contributed by atoms with Crippen LogP contribution >= 0.6 is 15.9 Å². The Morgan fingerprint density at radius 2 is 2.00 bits per heavy atom. The number of halogens is 1. The number of nitrogens with one attached hydrogen (secondary N) is 1. The minimum absolute atomic E-state index is 0.172. The molecule has 0 aliphatic carbocycles. The van der Waals surface area contributed by atoms with Gasteiger partial charge in [-0.05, 0) is 55.7 Å². The summed E-state index contributed by atoms with van der Waals surface area (Å²) in [4.78, 5) is 26.0. The van der Waals surface area contributed by atoms with Gasteiger partial charge < -0.3 is 14.6 Å². The zero-order valence-corrected chi connectivity index (χ0v) is 17.5. The lowest BCUT2D eigenvalue weighted by Crippen LogP contribution is -2.31. The normalized spacial score (nSPS) is 16.2. The third kappa shape index (κ3) is 3.11. The number of rotatable bonds is 4. The molecule has 2 unspecified atom stereocenters. The molecule has 0 saturated carbocycles. The first-order chi connectivity index (χ1) is 13.4. The van der Waals surface area contributed by atoms with E-state index < -0.39 is 0 Å². The number of ether oxygens (including phenoxy) is 1. The molecule has 0 fully saturated rings. The Hall–Kier alpha value is -2.60. The number of carbonyl (C=O) groups excluding carboxylic acids is 1. The summed E-state index contributed by atoms with van der Waals surface area (Å²) in [6.07, 6.45) is 2.55. The summed E-state index contributed by atoms with van der Waals surface area (Å²) >= 11 is 3.49. The molecule has 1 N–H and O–H groups in total. The highest BCUT2D eigenvalue weighted by Gasteiger charge is 2.25. The van der Waals surface area contributed by atoms with Crippen LogP contribution in [0, 0.1) is 0 Å². The molecule has 2 atom stereocenters. The number of carbonyl (C=O) groups is 1. The standard InChI is InChI=1S/C22H21BrN2O3/c1-12-8-15-9-16(23)10-18-20(15)25(12)11-19(21(18)26)22(27)24-13(2)14-4-6-17(28-3)7-5-14/h4-7,9-13H,8H2,1-3H3,(H,24,27). The number of amides is 1. The van der Waals surface area contributed by atoms with E-state index in [-0.39, 0.29) is 29.0 Å². The maximum atomic E-state index is 13.1. The van der Waals surface area contributed by atoms with Crippen molar-refractivity contribution in [2.45, 2.75) is 32.4 Å². The summed E-state index contributed by atoms with van der Waals surface area (Å²) in [7, 11) is 1.61. The van der Waals surface area contributed by atoms with E-state index in [0.717, 1.165) is 33.3 Å². The van der Waals surface area contributed by atoms with E-state index in [9.17, 15) is 9.59 Å². The molecule has 1 aliphatic heterocycles. The van der Waals surface area contributed by atoms with E-state index in [1.807, 2.05) is 41.8 Å². The Bertz CT molecular complexity index is 1140. The first-order valence-electron chi connectivity index (χ1n) is 9.21. The van der Waals surface area contributed by atoms with Gasteiger partial charge in [-0.15, -0.1) is 0 Å². The van der Waals surface area contributed by atoms with Crippen LogP contribution in [0.15, 0.2) is 51.9 Å². The van der Waals surface area contributed by atoms with Crippen molar-refractivity contribution >= 4 is 32.7 Å². The second-order valence-electron chi connectivity index (χ2n) is 7.26. The van der Waals surface area contributed by atoms with Gasteiger partial charge in [-0.2, -0.15) is 0 Å². The molecule has 0 bridgehead atoms. The highest BCUT2D eigenvalue weighted by molar-refractivity contribution is 9.10. The third-order valence-electron chi connectivity index (χ3n) is 5.37. The molecule has 6 heteroatoms. The topological polar surface area (TPSA) is 60.3 Å². The van der Waals surface area contributed by atoms with Crippen LogP contribution in [0.25, 0.3) is 10.9 Å². The van der Waals surface area contributed by atoms with Crippen molar-refractivity contribution in [2.24, 2.45) is 0 Å². The molecule has 1 aliphatic rings. The van der Waals surface area contributed by atoms with E-state index in [2.05, 4.69) is 28.2 Å². The number of nitrogens with zero attached hydrogens (tertiary/aromatic N) is 1. The summed E-state index contributed by atoms with van der Waals surface area (Å²) in [5.41, 5.74) is 2.94. The van der Waals surface area contributed by atoms with Crippen molar-refractivity contribution in [3.05, 3.63) is 74.0 Å². The molecule has 0 spiro atoms. The van der Waals surface area contributed by atoms with Crippen molar-refractivity contribution in [1.82, 2.24) is 9.88 Å². The van der Waals surface area contributed by atoms with E-state index in [4.69, 9.17) is 4.74 Å². The first kappa shape index (κ1) is 18.7. The Kier molecular flexibility index (Phi) is 4.75. The molecule has 28 heavy (non-hydrogen) atoms. The number of hydrogen-bond acceptors (Lipinski definition) is 3. The van der Waals surface area contributed by atoms with E-state index in [0.29, 0.717) is 5.39 Å². The lowest BCUT2D eigenvalue weighted by Gasteiger charge is -2.16. The Balaban J connectivity index is 1.70. The summed E-state index contributed by atoms with van der Waals surface area (Å²) in [6.45, 7) is 3.99. The minimum atomic E-state index is -0.361. The number of hydrogen-bond donors (Lipinski definition) is 1. The van der Waals surface area contributed by atoms with Gasteiger partial charge in [0.25, 0.3) is 5.91 Å². The zero-order chi connectivity index (χ0) is 20.0. The van der Waals surface area contributed by atoms with E-state index in [1.165, 1.54) is 0 Å². The average Bonchev–Trinajstić information content (AvgIpc) is 2.99. The molecule has 1 aromatic heterocycles. The minimum Gasteiger partial charge on any atom is -0.497 e. The molecule has 0 saturated heterocycles. The van der Waals surface area contributed by atoms with Gasteiger partial charge in [-0.25, -0.2) is 0 Å². The average molecular weight is 441 g/mol. The van der Waals surface area contributed by atoms with Gasteiger partial charge in [0, 0.05) is 22.1 Å². The highest BCUT2D eigenvalue weighted by Crippen LogP contribution is 2.33. The number of aromatic nitrogens is 1. The molecular weight excluding hydrogens is 420 g/mol. The van der Waals surface area contributed by atoms with E-state index >= 15 is 0 Å². The van der Waals surface area contributed by atoms with Crippen LogP contribution in [-0.2, 0) is 6.42 Å². The van der Waals surface area contributed by atoms with Crippen LogP contribution in [0.3, 0.4) is 0 Å². The van der Waals surface area contributed by atoms with Gasteiger partial charge in [0.15, 0.2) is 0 Å². The quantitative estimate of drug-likeness (QED) is 0.654. The maximum absolute atomic E-state index is 13.1. The Labute approximate surface area is 171 Å². The molecule has 144 valence electrons. The summed E-state index contributed by atoms with van der Waals surface area (Å²) in [6, 6.07) is 11.3. The van der Waals surface area contributed by atoms with Gasteiger partial charge in [0.05, 0.1) is 18.7 Å². The lowest BCUT2D eigenvalue weighted by atomic mass is 10.1. The predicted octanol–water partition coefficient (Wildman–Crippen LogP) is 4.38. The van der Waals surface area contributed by atoms with Crippen molar-refractivity contribution < 1.29 is 9.53 Å². The zero-order valence-electron chi connectivity index (χ0n) is 16.0. The van der Waals surface area contributed by atoms with Gasteiger partial charge in [0.1, 0.15) is 11.3 Å². The molecular formula is C22H21BrN2O3. The highest BCUT2D eigenvalue weighted by atomic mass is 79.9. The number of methoxy groups -OCH3 is 1. The van der Waals surface area contributed by atoms with Crippen LogP contribution in [0.5, 0.6) is 5.75 Å². The first-order valence-corrected chi connectivity index (χ1v) is 10.0. The van der Waals surface area contributed by atoms with Crippen LogP contribution in [0.1, 0.15) is 47.4 Å². The van der Waals surface area contributed by atoms with Crippen LogP contribution in [0.4, 0.5) is 0 Å². The van der Waals surface area contributed by atoms with Gasteiger partial charge in [-0.3, -0.25) is 9.59 Å². The van der Waals surface area contributed by atoms with Crippen molar-refractivity contribution in [3.8, 4) is 5.75 Å². The second-order valence-corrected chi connectivity index (χ2v) is 8.18. The van der Waals surface area contributed by atoms with E-state index in [1.54, 1.807) is 19.4 Å². The largest absolute Gasteiger partial charge is 0.497 e.